The minimum Gasteiger partial charge on any atom is -0.380 e. The zero-order chi connectivity index (χ0) is 16.2. The largest absolute Gasteiger partial charge is 0.380 e. The lowest BCUT2D eigenvalue weighted by atomic mass is 10.0. The highest BCUT2D eigenvalue weighted by atomic mass is 35.5. The van der Waals surface area contributed by atoms with Gasteiger partial charge in [-0.15, -0.1) is 0 Å². The lowest BCUT2D eigenvalue weighted by Gasteiger charge is -2.39. The highest BCUT2D eigenvalue weighted by Gasteiger charge is 2.25. The molecule has 0 radical (unpaired) electrons. The third kappa shape index (κ3) is 3.81. The molecule has 1 fully saturated rings. The van der Waals surface area contributed by atoms with Crippen molar-refractivity contribution in [3.05, 3.63) is 63.6 Å². The molecule has 2 aromatic rings. The van der Waals surface area contributed by atoms with Gasteiger partial charge in [-0.1, -0.05) is 41.4 Å². The highest BCUT2D eigenvalue weighted by Crippen LogP contribution is 2.34. The molecule has 0 unspecified atom stereocenters. The van der Waals surface area contributed by atoms with Crippen molar-refractivity contribution >= 4 is 28.9 Å². The van der Waals surface area contributed by atoms with Crippen molar-refractivity contribution in [3.63, 3.8) is 0 Å². The van der Waals surface area contributed by atoms with Crippen LogP contribution >= 0.6 is 23.2 Å². The third-order valence-electron chi connectivity index (χ3n) is 4.13. The van der Waals surface area contributed by atoms with Gasteiger partial charge in [-0.25, -0.2) is 0 Å². The van der Waals surface area contributed by atoms with E-state index in [9.17, 15) is 0 Å². The van der Waals surface area contributed by atoms with Gasteiger partial charge < -0.3 is 15.0 Å². The van der Waals surface area contributed by atoms with E-state index < -0.39 is 0 Å². The summed E-state index contributed by atoms with van der Waals surface area (Å²) in [5.74, 6) is 0. The standard InChI is InChI=1S/C18H20Cl2N2O/c1-23-12-13-2-7-17(16(20)10-13)22-9-8-21-11-18(22)14-3-5-15(19)6-4-14/h2-7,10,18,21H,8-9,11-12H2,1H3/t18-/m0/s1. The Labute approximate surface area is 147 Å². The van der Waals surface area contributed by atoms with Crippen LogP contribution in [0.15, 0.2) is 42.5 Å². The molecule has 1 saturated heterocycles. The molecule has 5 heteroatoms. The number of benzene rings is 2. The molecule has 1 N–H and O–H groups in total. The van der Waals surface area contributed by atoms with E-state index in [1.165, 1.54) is 5.56 Å². The van der Waals surface area contributed by atoms with Gasteiger partial charge in [0.05, 0.1) is 23.4 Å². The number of methoxy groups -OCH3 is 1. The maximum atomic E-state index is 6.54. The number of nitrogens with zero attached hydrogens (tertiary/aromatic N) is 1. The average molecular weight is 351 g/mol. The summed E-state index contributed by atoms with van der Waals surface area (Å²) in [7, 11) is 1.69. The first kappa shape index (κ1) is 16.6. The number of piperazine rings is 1. The van der Waals surface area contributed by atoms with Crippen molar-refractivity contribution in [2.24, 2.45) is 0 Å². The van der Waals surface area contributed by atoms with Crippen molar-refractivity contribution in [3.8, 4) is 0 Å². The van der Waals surface area contributed by atoms with Gasteiger partial charge in [-0.2, -0.15) is 0 Å². The lowest BCUT2D eigenvalue weighted by molar-refractivity contribution is 0.185. The topological polar surface area (TPSA) is 24.5 Å². The molecule has 0 aliphatic carbocycles. The van der Waals surface area contributed by atoms with Gasteiger partial charge >= 0.3 is 0 Å². The number of hydrogen-bond acceptors (Lipinski definition) is 3. The highest BCUT2D eigenvalue weighted by molar-refractivity contribution is 6.33. The quantitative estimate of drug-likeness (QED) is 0.889. The number of rotatable bonds is 4. The van der Waals surface area contributed by atoms with Crippen molar-refractivity contribution in [2.45, 2.75) is 12.6 Å². The summed E-state index contributed by atoms with van der Waals surface area (Å²) in [4.78, 5) is 2.36. The molecular formula is C18H20Cl2N2O. The van der Waals surface area contributed by atoms with Gasteiger partial charge in [0.15, 0.2) is 0 Å². The maximum absolute atomic E-state index is 6.54. The van der Waals surface area contributed by atoms with Gasteiger partial charge in [-0.3, -0.25) is 0 Å². The van der Waals surface area contributed by atoms with Gasteiger partial charge in [0.2, 0.25) is 0 Å². The number of nitrogens with one attached hydrogen (secondary N) is 1. The zero-order valence-electron chi connectivity index (χ0n) is 13.1. The number of hydrogen-bond donors (Lipinski definition) is 1. The SMILES string of the molecule is COCc1ccc(N2CCNC[C@H]2c2ccc(Cl)cc2)c(Cl)c1. The van der Waals surface area contributed by atoms with Gasteiger partial charge in [-0.05, 0) is 35.4 Å². The van der Waals surface area contributed by atoms with Crippen LogP contribution in [0, 0.1) is 0 Å². The van der Waals surface area contributed by atoms with Crippen LogP contribution in [0.25, 0.3) is 0 Å². The predicted octanol–water partition coefficient (Wildman–Crippen LogP) is 4.29. The lowest BCUT2D eigenvalue weighted by Crippen LogP contribution is -2.46. The molecule has 1 aliphatic rings. The van der Waals surface area contributed by atoms with Crippen LogP contribution in [0.2, 0.25) is 10.0 Å². The van der Waals surface area contributed by atoms with E-state index in [2.05, 4.69) is 34.5 Å². The normalized spacial score (nSPS) is 18.2. The second-order valence-electron chi connectivity index (χ2n) is 5.68. The Morgan fingerprint density at radius 2 is 1.96 bits per heavy atom. The number of anilines is 1. The summed E-state index contributed by atoms with van der Waals surface area (Å²) in [6, 6.07) is 14.4. The van der Waals surface area contributed by atoms with E-state index in [1.54, 1.807) is 7.11 Å². The Morgan fingerprint density at radius 1 is 1.17 bits per heavy atom. The number of halogens is 2. The summed E-state index contributed by atoms with van der Waals surface area (Å²) < 4.78 is 5.18. The molecule has 0 saturated carbocycles. The molecule has 0 bridgehead atoms. The minimum absolute atomic E-state index is 0.242. The summed E-state index contributed by atoms with van der Waals surface area (Å²) in [5, 5.41) is 4.98. The molecule has 2 aromatic carbocycles. The summed E-state index contributed by atoms with van der Waals surface area (Å²) in [5.41, 5.74) is 3.38. The van der Waals surface area contributed by atoms with E-state index in [1.807, 2.05) is 18.2 Å². The molecule has 0 aromatic heterocycles. The smallest absolute Gasteiger partial charge is 0.0713 e. The van der Waals surface area contributed by atoms with Crippen LogP contribution in [-0.4, -0.2) is 26.7 Å². The monoisotopic (exact) mass is 350 g/mol. The summed E-state index contributed by atoms with van der Waals surface area (Å²) in [6.07, 6.45) is 0. The third-order valence-corrected chi connectivity index (χ3v) is 4.69. The Hall–Kier alpha value is -1.26. The zero-order valence-corrected chi connectivity index (χ0v) is 14.6. The maximum Gasteiger partial charge on any atom is 0.0713 e. The predicted molar refractivity (Wildman–Crippen MR) is 96.6 cm³/mol. The molecule has 0 amide bonds. The van der Waals surface area contributed by atoms with Gasteiger partial charge in [0, 0.05) is 31.8 Å². The Balaban J connectivity index is 1.90. The van der Waals surface area contributed by atoms with E-state index in [0.29, 0.717) is 6.61 Å². The Kier molecular flexibility index (Phi) is 5.44. The second kappa shape index (κ2) is 7.54. The van der Waals surface area contributed by atoms with Crippen molar-refractivity contribution in [1.29, 1.82) is 0 Å². The van der Waals surface area contributed by atoms with Crippen molar-refractivity contribution in [2.75, 3.05) is 31.6 Å². The van der Waals surface area contributed by atoms with Crippen LogP contribution in [0.3, 0.4) is 0 Å². The molecule has 1 atom stereocenters. The Bertz CT molecular complexity index is 661. The van der Waals surface area contributed by atoms with Gasteiger partial charge in [0.25, 0.3) is 0 Å². The van der Waals surface area contributed by atoms with Crippen molar-refractivity contribution in [1.82, 2.24) is 5.32 Å². The summed E-state index contributed by atoms with van der Waals surface area (Å²) in [6.45, 7) is 3.32. The van der Waals surface area contributed by atoms with Crippen molar-refractivity contribution < 1.29 is 4.74 Å². The molecule has 23 heavy (non-hydrogen) atoms. The van der Waals surface area contributed by atoms with Crippen LogP contribution < -0.4 is 10.2 Å². The first-order valence-corrected chi connectivity index (χ1v) is 8.45. The van der Waals surface area contributed by atoms with Gasteiger partial charge in [0.1, 0.15) is 0 Å². The summed E-state index contributed by atoms with van der Waals surface area (Å²) >= 11 is 12.6. The van der Waals surface area contributed by atoms with E-state index in [4.69, 9.17) is 27.9 Å². The van der Waals surface area contributed by atoms with Crippen LogP contribution in [0.4, 0.5) is 5.69 Å². The second-order valence-corrected chi connectivity index (χ2v) is 6.53. The fourth-order valence-corrected chi connectivity index (χ4v) is 3.45. The minimum atomic E-state index is 0.242. The molecule has 1 heterocycles. The Morgan fingerprint density at radius 3 is 2.65 bits per heavy atom. The van der Waals surface area contributed by atoms with Crippen LogP contribution in [0.1, 0.15) is 17.2 Å². The first-order chi connectivity index (χ1) is 11.2. The van der Waals surface area contributed by atoms with E-state index in [-0.39, 0.29) is 6.04 Å². The molecule has 3 nitrogen and oxygen atoms in total. The molecule has 0 spiro atoms. The van der Waals surface area contributed by atoms with E-state index >= 15 is 0 Å². The van der Waals surface area contributed by atoms with Crippen LogP contribution in [0.5, 0.6) is 0 Å². The van der Waals surface area contributed by atoms with E-state index in [0.717, 1.165) is 40.9 Å². The fourth-order valence-electron chi connectivity index (χ4n) is 3.02. The molecule has 3 rings (SSSR count). The molecule has 1 aliphatic heterocycles. The fraction of sp³-hybridized carbons (Fsp3) is 0.333. The average Bonchev–Trinajstić information content (AvgIpc) is 2.56. The molecule has 122 valence electrons. The number of ether oxygens (including phenoxy) is 1. The van der Waals surface area contributed by atoms with Crippen LogP contribution in [-0.2, 0) is 11.3 Å². The molecular weight excluding hydrogens is 331 g/mol. The first-order valence-electron chi connectivity index (χ1n) is 7.69.